The van der Waals surface area contributed by atoms with E-state index in [0.29, 0.717) is 0 Å². The van der Waals surface area contributed by atoms with E-state index in [1.807, 2.05) is 0 Å². The first kappa shape index (κ1) is 16.0. The summed E-state index contributed by atoms with van der Waals surface area (Å²) in [4.78, 5) is 14.5. The number of thiophene rings is 1. The third kappa shape index (κ3) is 3.89. The molecule has 6 heteroatoms. The van der Waals surface area contributed by atoms with Crippen LogP contribution >= 0.6 is 11.3 Å². The van der Waals surface area contributed by atoms with Crippen molar-refractivity contribution < 1.29 is 14.3 Å². The zero-order valence-corrected chi connectivity index (χ0v) is 13.5. The number of likely N-dealkylation sites (tertiary alicyclic amines) is 1. The van der Waals surface area contributed by atoms with Crippen molar-refractivity contribution in [1.29, 1.82) is 0 Å². The molecule has 0 saturated carbocycles. The van der Waals surface area contributed by atoms with Gasteiger partial charge in [-0.1, -0.05) is 6.07 Å². The average molecular weight is 334 g/mol. The number of nitrogens with one attached hydrogen (secondary N) is 1. The second kappa shape index (κ2) is 7.10. The number of nitrogens with zero attached hydrogens (tertiary/aromatic N) is 1. The number of phenols is 1. The molecule has 3 rings (SSSR count). The molecule has 4 nitrogen and oxygen atoms in total. The van der Waals surface area contributed by atoms with Gasteiger partial charge in [0.25, 0.3) is 5.91 Å². The summed E-state index contributed by atoms with van der Waals surface area (Å²) in [7, 11) is 0. The minimum Gasteiger partial charge on any atom is -0.507 e. The highest BCUT2D eigenvalue weighted by molar-refractivity contribution is 7.07. The number of rotatable bonds is 4. The molecule has 0 aliphatic carbocycles. The molecular weight excluding hydrogens is 315 g/mol. The van der Waals surface area contributed by atoms with Crippen LogP contribution in [-0.2, 0) is 6.54 Å². The Hall–Kier alpha value is -1.92. The number of hydrogen-bond donors (Lipinski definition) is 2. The van der Waals surface area contributed by atoms with Crippen molar-refractivity contribution in [3.63, 3.8) is 0 Å². The normalized spacial score (nSPS) is 16.4. The van der Waals surface area contributed by atoms with Crippen LogP contribution < -0.4 is 5.32 Å². The summed E-state index contributed by atoms with van der Waals surface area (Å²) in [6.45, 7) is 2.71. The Morgan fingerprint density at radius 2 is 2.13 bits per heavy atom. The largest absolute Gasteiger partial charge is 0.507 e. The maximum absolute atomic E-state index is 13.7. The summed E-state index contributed by atoms with van der Waals surface area (Å²) >= 11 is 1.69. The molecule has 2 N–H and O–H groups in total. The van der Waals surface area contributed by atoms with Gasteiger partial charge in [-0.3, -0.25) is 9.69 Å². The van der Waals surface area contributed by atoms with Crippen LogP contribution in [0.25, 0.3) is 0 Å². The number of hydrogen-bond acceptors (Lipinski definition) is 4. The monoisotopic (exact) mass is 334 g/mol. The predicted molar refractivity (Wildman–Crippen MR) is 88.1 cm³/mol. The number of carbonyl (C=O) groups excluding carboxylic acids is 1. The molecule has 1 aromatic heterocycles. The lowest BCUT2D eigenvalue weighted by molar-refractivity contribution is 0.0902. The zero-order valence-electron chi connectivity index (χ0n) is 12.7. The summed E-state index contributed by atoms with van der Waals surface area (Å²) in [5, 5.41) is 16.7. The Morgan fingerprint density at radius 3 is 2.78 bits per heavy atom. The fraction of sp³-hybridized carbons (Fsp3) is 0.353. The van der Waals surface area contributed by atoms with Crippen LogP contribution in [0.4, 0.5) is 4.39 Å². The highest BCUT2D eigenvalue weighted by atomic mass is 32.1. The van der Waals surface area contributed by atoms with Gasteiger partial charge in [0.15, 0.2) is 0 Å². The molecule has 1 saturated heterocycles. The number of carbonyl (C=O) groups is 1. The van der Waals surface area contributed by atoms with Crippen molar-refractivity contribution in [2.75, 3.05) is 13.1 Å². The fourth-order valence-corrected chi connectivity index (χ4v) is 3.53. The lowest BCUT2D eigenvalue weighted by atomic mass is 10.0. The van der Waals surface area contributed by atoms with Gasteiger partial charge in [0.1, 0.15) is 17.1 Å². The van der Waals surface area contributed by atoms with Gasteiger partial charge in [0, 0.05) is 25.7 Å². The second-order valence-corrected chi connectivity index (χ2v) is 6.57. The number of phenolic OH excluding ortho intramolecular Hbond substituents is 1. The Balaban J connectivity index is 1.53. The zero-order chi connectivity index (χ0) is 16.2. The van der Waals surface area contributed by atoms with Gasteiger partial charge in [0.05, 0.1) is 0 Å². The van der Waals surface area contributed by atoms with Crippen molar-refractivity contribution in [1.82, 2.24) is 10.2 Å². The molecule has 122 valence electrons. The molecule has 1 aromatic carbocycles. The van der Waals surface area contributed by atoms with E-state index in [4.69, 9.17) is 0 Å². The molecule has 0 radical (unpaired) electrons. The van der Waals surface area contributed by atoms with E-state index in [9.17, 15) is 14.3 Å². The van der Waals surface area contributed by atoms with Crippen molar-refractivity contribution >= 4 is 17.2 Å². The molecule has 2 aromatic rings. The number of aromatic hydroxyl groups is 1. The quantitative estimate of drug-likeness (QED) is 0.904. The van der Waals surface area contributed by atoms with Crippen molar-refractivity contribution in [2.45, 2.75) is 25.4 Å². The van der Waals surface area contributed by atoms with E-state index in [-0.39, 0.29) is 17.4 Å². The van der Waals surface area contributed by atoms with Crippen LogP contribution in [0.15, 0.2) is 35.0 Å². The minimum absolute atomic E-state index is 0.0141. The van der Waals surface area contributed by atoms with E-state index >= 15 is 0 Å². The third-order valence-electron chi connectivity index (χ3n) is 4.13. The van der Waals surface area contributed by atoms with Gasteiger partial charge >= 0.3 is 0 Å². The maximum atomic E-state index is 13.7. The molecule has 0 spiro atoms. The molecule has 0 bridgehead atoms. The first-order valence-corrected chi connectivity index (χ1v) is 8.59. The highest BCUT2D eigenvalue weighted by Crippen LogP contribution is 2.21. The van der Waals surface area contributed by atoms with Crippen LogP contribution in [0.5, 0.6) is 5.75 Å². The van der Waals surface area contributed by atoms with Gasteiger partial charge in [-0.15, -0.1) is 0 Å². The number of piperidine rings is 1. The molecule has 2 heterocycles. The van der Waals surface area contributed by atoms with Crippen molar-refractivity contribution in [3.05, 3.63) is 52.0 Å². The first-order chi connectivity index (χ1) is 11.1. The maximum Gasteiger partial charge on any atom is 0.258 e. The molecule has 23 heavy (non-hydrogen) atoms. The van der Waals surface area contributed by atoms with E-state index in [1.165, 1.54) is 23.8 Å². The van der Waals surface area contributed by atoms with Crippen LogP contribution in [0.3, 0.4) is 0 Å². The van der Waals surface area contributed by atoms with E-state index in [2.05, 4.69) is 27.0 Å². The highest BCUT2D eigenvalue weighted by Gasteiger charge is 2.23. The van der Waals surface area contributed by atoms with Gasteiger partial charge in [0.2, 0.25) is 0 Å². The molecule has 1 fully saturated rings. The topological polar surface area (TPSA) is 52.6 Å². The van der Waals surface area contributed by atoms with Gasteiger partial charge in [-0.2, -0.15) is 11.3 Å². The van der Waals surface area contributed by atoms with Crippen LogP contribution in [0.2, 0.25) is 0 Å². The lowest BCUT2D eigenvalue weighted by Gasteiger charge is -2.32. The van der Waals surface area contributed by atoms with Crippen LogP contribution in [0, 0.1) is 5.82 Å². The lowest BCUT2D eigenvalue weighted by Crippen LogP contribution is -2.44. The smallest absolute Gasteiger partial charge is 0.258 e. The predicted octanol–water partition coefficient (Wildman–Crippen LogP) is 2.99. The minimum atomic E-state index is -0.697. The van der Waals surface area contributed by atoms with E-state index in [0.717, 1.165) is 32.5 Å². The number of halogens is 1. The van der Waals surface area contributed by atoms with Gasteiger partial charge in [-0.25, -0.2) is 4.39 Å². The summed E-state index contributed by atoms with van der Waals surface area (Å²) in [5.74, 6) is -1.56. The molecule has 1 aliphatic heterocycles. The Bertz CT molecular complexity index is 647. The van der Waals surface area contributed by atoms with Crippen molar-refractivity contribution in [3.8, 4) is 5.75 Å². The average Bonchev–Trinajstić information content (AvgIpc) is 3.02. The SMILES string of the molecule is O=C(NC1CCN(Cc2ccsc2)CC1)c1c(O)cccc1F. The Morgan fingerprint density at radius 1 is 1.35 bits per heavy atom. The van der Waals surface area contributed by atoms with E-state index in [1.54, 1.807) is 11.3 Å². The Kier molecular flexibility index (Phi) is 4.93. The summed E-state index contributed by atoms with van der Waals surface area (Å²) < 4.78 is 13.7. The van der Waals surface area contributed by atoms with Crippen LogP contribution in [0.1, 0.15) is 28.8 Å². The fourth-order valence-electron chi connectivity index (χ4n) is 2.87. The van der Waals surface area contributed by atoms with Crippen LogP contribution in [-0.4, -0.2) is 35.0 Å². The summed E-state index contributed by atoms with van der Waals surface area (Å²) in [6.07, 6.45) is 1.65. The second-order valence-electron chi connectivity index (χ2n) is 5.79. The van der Waals surface area contributed by atoms with E-state index < -0.39 is 11.7 Å². The molecule has 0 atom stereocenters. The van der Waals surface area contributed by atoms with Gasteiger partial charge < -0.3 is 10.4 Å². The molecule has 0 unspecified atom stereocenters. The Labute approximate surface area is 138 Å². The number of benzene rings is 1. The summed E-state index contributed by atoms with van der Waals surface area (Å²) in [5.41, 5.74) is 1.04. The molecule has 1 amide bonds. The molecule has 1 aliphatic rings. The third-order valence-corrected chi connectivity index (χ3v) is 4.86. The first-order valence-electron chi connectivity index (χ1n) is 7.65. The molecular formula is C17H19FN2O2S. The summed E-state index contributed by atoms with van der Waals surface area (Å²) in [6, 6.07) is 6.02. The van der Waals surface area contributed by atoms with Crippen molar-refractivity contribution in [2.24, 2.45) is 0 Å². The number of amides is 1. The standard InChI is InChI=1S/C17H19FN2O2S/c18-14-2-1-3-15(21)16(14)17(22)19-13-4-7-20(8-5-13)10-12-6-9-23-11-12/h1-3,6,9,11,13,21H,4-5,7-8,10H2,(H,19,22). The van der Waals surface area contributed by atoms with Gasteiger partial charge in [-0.05, 0) is 47.4 Å².